The summed E-state index contributed by atoms with van der Waals surface area (Å²) in [5, 5.41) is 0. The summed E-state index contributed by atoms with van der Waals surface area (Å²) in [5.74, 6) is 1.61. The lowest BCUT2D eigenvalue weighted by Crippen LogP contribution is -2.42. The number of hydrogen-bond donors (Lipinski definition) is 0. The number of ether oxygens (including phenoxy) is 2. The highest BCUT2D eigenvalue weighted by Crippen LogP contribution is 2.24. The molecule has 1 saturated heterocycles. The van der Waals surface area contributed by atoms with E-state index in [4.69, 9.17) is 9.47 Å². The van der Waals surface area contributed by atoms with Crippen molar-refractivity contribution in [2.45, 2.75) is 32.8 Å². The van der Waals surface area contributed by atoms with Gasteiger partial charge in [0.05, 0.1) is 26.0 Å². The zero-order valence-electron chi connectivity index (χ0n) is 13.7. The van der Waals surface area contributed by atoms with Crippen LogP contribution in [0, 0.1) is 13.8 Å². The van der Waals surface area contributed by atoms with Crippen LogP contribution >= 0.6 is 0 Å². The van der Waals surface area contributed by atoms with Gasteiger partial charge in [-0.3, -0.25) is 0 Å². The van der Waals surface area contributed by atoms with Gasteiger partial charge in [-0.05, 0) is 26.7 Å². The number of nitrogens with zero attached hydrogens (tertiary/aromatic N) is 5. The highest BCUT2D eigenvalue weighted by molar-refractivity contribution is 5.47. The zero-order valence-corrected chi connectivity index (χ0v) is 13.7. The SMILES string of the molecule is COc1cnc(OC2CCCN(c3ncnc(C)c3C)C2)nc1. The third-order valence-corrected chi connectivity index (χ3v) is 4.10. The average molecular weight is 315 g/mol. The van der Waals surface area contributed by atoms with Gasteiger partial charge in [0.25, 0.3) is 0 Å². The van der Waals surface area contributed by atoms with Gasteiger partial charge >= 0.3 is 6.01 Å². The van der Waals surface area contributed by atoms with Crippen LogP contribution in [0.25, 0.3) is 0 Å². The Bertz CT molecular complexity index is 662. The Morgan fingerprint density at radius 2 is 1.91 bits per heavy atom. The fourth-order valence-corrected chi connectivity index (χ4v) is 2.69. The second kappa shape index (κ2) is 6.76. The van der Waals surface area contributed by atoms with E-state index in [2.05, 4.69) is 31.8 Å². The minimum Gasteiger partial charge on any atom is -0.494 e. The van der Waals surface area contributed by atoms with Crippen molar-refractivity contribution in [3.05, 3.63) is 30.0 Å². The molecule has 1 fully saturated rings. The average Bonchev–Trinajstić information content (AvgIpc) is 2.58. The Kier molecular flexibility index (Phi) is 4.55. The fraction of sp³-hybridized carbons (Fsp3) is 0.500. The molecule has 1 unspecified atom stereocenters. The van der Waals surface area contributed by atoms with Crippen LogP contribution in [-0.4, -0.2) is 46.2 Å². The maximum Gasteiger partial charge on any atom is 0.316 e. The number of methoxy groups -OCH3 is 1. The van der Waals surface area contributed by atoms with E-state index in [0.29, 0.717) is 11.8 Å². The molecule has 0 radical (unpaired) electrons. The number of aryl methyl sites for hydroxylation is 1. The van der Waals surface area contributed by atoms with Crippen LogP contribution in [0.2, 0.25) is 0 Å². The third kappa shape index (κ3) is 3.49. The van der Waals surface area contributed by atoms with Crippen molar-refractivity contribution in [1.82, 2.24) is 19.9 Å². The molecule has 7 nitrogen and oxygen atoms in total. The third-order valence-electron chi connectivity index (χ3n) is 4.10. The summed E-state index contributed by atoms with van der Waals surface area (Å²) in [6, 6.07) is 0.383. The van der Waals surface area contributed by atoms with Gasteiger partial charge < -0.3 is 14.4 Å². The van der Waals surface area contributed by atoms with E-state index in [9.17, 15) is 0 Å². The monoisotopic (exact) mass is 315 g/mol. The molecular formula is C16H21N5O2. The van der Waals surface area contributed by atoms with Gasteiger partial charge in [0.2, 0.25) is 0 Å². The van der Waals surface area contributed by atoms with Crippen molar-refractivity contribution in [2.24, 2.45) is 0 Å². The molecule has 0 bridgehead atoms. The molecule has 0 aromatic carbocycles. The Morgan fingerprint density at radius 1 is 1.13 bits per heavy atom. The second-order valence-corrected chi connectivity index (χ2v) is 5.64. The van der Waals surface area contributed by atoms with Gasteiger partial charge in [0.15, 0.2) is 5.75 Å². The first kappa shape index (κ1) is 15.5. The lowest BCUT2D eigenvalue weighted by atomic mass is 10.1. The molecule has 1 atom stereocenters. The molecule has 1 aliphatic heterocycles. The molecule has 0 aliphatic carbocycles. The largest absolute Gasteiger partial charge is 0.494 e. The van der Waals surface area contributed by atoms with Crippen LogP contribution in [0.4, 0.5) is 5.82 Å². The lowest BCUT2D eigenvalue weighted by Gasteiger charge is -2.34. The van der Waals surface area contributed by atoms with Gasteiger partial charge in [-0.2, -0.15) is 9.97 Å². The molecule has 0 spiro atoms. The predicted molar refractivity (Wildman–Crippen MR) is 86.0 cm³/mol. The van der Waals surface area contributed by atoms with Crippen LogP contribution in [0.5, 0.6) is 11.8 Å². The van der Waals surface area contributed by atoms with Crippen molar-refractivity contribution in [1.29, 1.82) is 0 Å². The molecule has 122 valence electrons. The number of hydrogen-bond acceptors (Lipinski definition) is 7. The molecule has 2 aromatic heterocycles. The molecule has 7 heteroatoms. The van der Waals surface area contributed by atoms with Crippen LogP contribution < -0.4 is 14.4 Å². The quantitative estimate of drug-likeness (QED) is 0.853. The van der Waals surface area contributed by atoms with Crippen LogP contribution in [0.15, 0.2) is 18.7 Å². The predicted octanol–water partition coefficient (Wildman–Crippen LogP) is 1.94. The summed E-state index contributed by atoms with van der Waals surface area (Å²) in [6.45, 7) is 5.80. The maximum atomic E-state index is 5.91. The normalized spacial score (nSPS) is 17.9. The van der Waals surface area contributed by atoms with E-state index in [1.165, 1.54) is 0 Å². The van der Waals surface area contributed by atoms with Gasteiger partial charge in [0, 0.05) is 17.8 Å². The van der Waals surface area contributed by atoms with Crippen LogP contribution in [0.3, 0.4) is 0 Å². The Hall–Kier alpha value is -2.44. The standard InChI is InChI=1S/C16H21N5O2/c1-11-12(2)19-10-20-15(11)21-6-4-5-13(9-21)23-16-17-7-14(22-3)8-18-16/h7-8,10,13H,4-6,9H2,1-3H3. The van der Waals surface area contributed by atoms with Crippen molar-refractivity contribution in [3.8, 4) is 11.8 Å². The topological polar surface area (TPSA) is 73.3 Å². The van der Waals surface area contributed by atoms with E-state index in [-0.39, 0.29) is 6.10 Å². The smallest absolute Gasteiger partial charge is 0.316 e. The fourth-order valence-electron chi connectivity index (χ4n) is 2.69. The molecule has 3 heterocycles. The first-order valence-corrected chi connectivity index (χ1v) is 7.73. The Labute approximate surface area is 135 Å². The highest BCUT2D eigenvalue weighted by atomic mass is 16.5. The number of piperidine rings is 1. The van der Waals surface area contributed by atoms with Crippen molar-refractivity contribution < 1.29 is 9.47 Å². The van der Waals surface area contributed by atoms with Crippen molar-refractivity contribution in [2.75, 3.05) is 25.1 Å². The summed E-state index contributed by atoms with van der Waals surface area (Å²) < 4.78 is 11.0. The summed E-state index contributed by atoms with van der Waals surface area (Å²) in [6.07, 6.45) is 6.92. The van der Waals surface area contributed by atoms with Crippen LogP contribution in [0.1, 0.15) is 24.1 Å². The van der Waals surface area contributed by atoms with E-state index in [1.807, 2.05) is 6.92 Å². The first-order chi connectivity index (χ1) is 11.2. The molecule has 2 aromatic rings. The first-order valence-electron chi connectivity index (χ1n) is 7.73. The van der Waals surface area contributed by atoms with Gasteiger partial charge in [0.1, 0.15) is 18.2 Å². The maximum absolute atomic E-state index is 5.91. The number of anilines is 1. The van der Waals surface area contributed by atoms with Gasteiger partial charge in [-0.1, -0.05) is 0 Å². The van der Waals surface area contributed by atoms with E-state index in [0.717, 1.165) is 43.0 Å². The minimum absolute atomic E-state index is 0.0480. The molecule has 0 amide bonds. The molecule has 0 N–H and O–H groups in total. The number of aromatic nitrogens is 4. The molecule has 0 saturated carbocycles. The van der Waals surface area contributed by atoms with E-state index in [1.54, 1.807) is 25.8 Å². The summed E-state index contributed by atoms with van der Waals surface area (Å²) in [5.41, 5.74) is 2.13. The molecule has 1 aliphatic rings. The molecule has 3 rings (SSSR count). The van der Waals surface area contributed by atoms with E-state index >= 15 is 0 Å². The lowest BCUT2D eigenvalue weighted by molar-refractivity contribution is 0.163. The number of rotatable bonds is 4. The van der Waals surface area contributed by atoms with Gasteiger partial charge in [-0.25, -0.2) is 9.97 Å². The minimum atomic E-state index is 0.0480. The van der Waals surface area contributed by atoms with Crippen LogP contribution in [-0.2, 0) is 0 Å². The molecular weight excluding hydrogens is 294 g/mol. The highest BCUT2D eigenvalue weighted by Gasteiger charge is 2.24. The van der Waals surface area contributed by atoms with Gasteiger partial charge in [-0.15, -0.1) is 0 Å². The molecule has 23 heavy (non-hydrogen) atoms. The summed E-state index contributed by atoms with van der Waals surface area (Å²) in [4.78, 5) is 19.3. The summed E-state index contributed by atoms with van der Waals surface area (Å²) in [7, 11) is 1.59. The van der Waals surface area contributed by atoms with Crippen molar-refractivity contribution >= 4 is 5.82 Å². The van der Waals surface area contributed by atoms with Crippen molar-refractivity contribution in [3.63, 3.8) is 0 Å². The zero-order chi connectivity index (χ0) is 16.2. The Balaban J connectivity index is 1.69. The second-order valence-electron chi connectivity index (χ2n) is 5.64. The summed E-state index contributed by atoms with van der Waals surface area (Å²) >= 11 is 0. The van der Waals surface area contributed by atoms with E-state index < -0.39 is 0 Å². The Morgan fingerprint density at radius 3 is 2.65 bits per heavy atom.